The lowest BCUT2D eigenvalue weighted by molar-refractivity contribution is -0.120. The topological polar surface area (TPSA) is 92.5 Å². The molecule has 1 fully saturated rings. The zero-order chi connectivity index (χ0) is 18.7. The second kappa shape index (κ2) is 7.89. The molecule has 3 rings (SSSR count). The SMILES string of the molecule is Cc1noc(C)c1CC(=O)NCc1ccc(S(=O)(=O)N2CCCCC2)s1. The monoisotopic (exact) mass is 397 g/mol. The maximum Gasteiger partial charge on any atom is 0.252 e. The first-order chi connectivity index (χ1) is 12.4. The Labute approximate surface area is 157 Å². The van der Waals surface area contributed by atoms with Crippen molar-refractivity contribution in [3.05, 3.63) is 34.0 Å². The summed E-state index contributed by atoms with van der Waals surface area (Å²) in [6, 6.07) is 3.39. The van der Waals surface area contributed by atoms with Gasteiger partial charge in [0, 0.05) is 23.5 Å². The molecule has 1 aliphatic rings. The quantitative estimate of drug-likeness (QED) is 0.808. The van der Waals surface area contributed by atoms with Crippen molar-refractivity contribution >= 4 is 27.3 Å². The number of thiophene rings is 1. The predicted octanol–water partition coefficient (Wildman–Crippen LogP) is 2.39. The molecule has 1 saturated heterocycles. The zero-order valence-corrected chi connectivity index (χ0v) is 16.6. The highest BCUT2D eigenvalue weighted by molar-refractivity contribution is 7.91. The minimum Gasteiger partial charge on any atom is -0.361 e. The fraction of sp³-hybridized carbons (Fsp3) is 0.529. The van der Waals surface area contributed by atoms with E-state index in [2.05, 4.69) is 10.5 Å². The Morgan fingerprint density at radius 3 is 2.65 bits per heavy atom. The van der Waals surface area contributed by atoms with Gasteiger partial charge in [0.25, 0.3) is 10.0 Å². The first-order valence-electron chi connectivity index (χ1n) is 8.65. The molecular weight excluding hydrogens is 374 g/mol. The Morgan fingerprint density at radius 2 is 2.00 bits per heavy atom. The van der Waals surface area contributed by atoms with Crippen molar-refractivity contribution in [1.82, 2.24) is 14.8 Å². The van der Waals surface area contributed by atoms with Gasteiger partial charge in [0.15, 0.2) is 0 Å². The summed E-state index contributed by atoms with van der Waals surface area (Å²) in [7, 11) is -3.41. The molecule has 0 atom stereocenters. The van der Waals surface area contributed by atoms with Gasteiger partial charge in [-0.3, -0.25) is 4.79 Å². The first kappa shape index (κ1) is 19.1. The van der Waals surface area contributed by atoms with Crippen LogP contribution in [0.3, 0.4) is 0 Å². The van der Waals surface area contributed by atoms with Gasteiger partial charge >= 0.3 is 0 Å². The van der Waals surface area contributed by atoms with Gasteiger partial charge in [0.2, 0.25) is 5.91 Å². The van der Waals surface area contributed by atoms with E-state index < -0.39 is 10.0 Å². The summed E-state index contributed by atoms with van der Waals surface area (Å²) in [6.07, 6.45) is 3.11. The van der Waals surface area contributed by atoms with Crippen molar-refractivity contribution in [2.75, 3.05) is 13.1 Å². The second-order valence-corrected chi connectivity index (χ2v) is 9.77. The molecule has 0 aliphatic carbocycles. The largest absolute Gasteiger partial charge is 0.361 e. The van der Waals surface area contributed by atoms with Crippen LogP contribution < -0.4 is 5.32 Å². The molecule has 0 unspecified atom stereocenters. The van der Waals surface area contributed by atoms with Crippen molar-refractivity contribution in [1.29, 1.82) is 0 Å². The lowest BCUT2D eigenvalue weighted by Gasteiger charge is -2.25. The maximum absolute atomic E-state index is 12.7. The number of nitrogens with zero attached hydrogens (tertiary/aromatic N) is 2. The van der Waals surface area contributed by atoms with E-state index in [1.807, 2.05) is 0 Å². The third-order valence-electron chi connectivity index (χ3n) is 4.52. The van der Waals surface area contributed by atoms with Gasteiger partial charge in [-0.1, -0.05) is 11.6 Å². The van der Waals surface area contributed by atoms with Gasteiger partial charge in [0.1, 0.15) is 9.97 Å². The van der Waals surface area contributed by atoms with E-state index in [0.717, 1.165) is 29.7 Å². The van der Waals surface area contributed by atoms with Gasteiger partial charge < -0.3 is 9.84 Å². The summed E-state index contributed by atoms with van der Waals surface area (Å²) in [5.74, 6) is 0.497. The number of hydrogen-bond donors (Lipinski definition) is 1. The number of aryl methyl sites for hydroxylation is 2. The van der Waals surface area contributed by atoms with Crippen LogP contribution in [-0.2, 0) is 27.8 Å². The van der Waals surface area contributed by atoms with Crippen LogP contribution in [0.1, 0.15) is 41.2 Å². The summed E-state index contributed by atoms with van der Waals surface area (Å²) in [5.41, 5.74) is 1.51. The summed E-state index contributed by atoms with van der Waals surface area (Å²) in [6.45, 7) is 5.06. The van der Waals surface area contributed by atoms with Crippen LogP contribution in [0.25, 0.3) is 0 Å². The molecule has 2 aromatic heterocycles. The molecule has 7 nitrogen and oxygen atoms in total. The van der Waals surface area contributed by atoms with E-state index in [4.69, 9.17) is 4.52 Å². The lowest BCUT2D eigenvalue weighted by atomic mass is 10.1. The van der Waals surface area contributed by atoms with Gasteiger partial charge in [0.05, 0.1) is 18.7 Å². The van der Waals surface area contributed by atoms with E-state index in [9.17, 15) is 13.2 Å². The highest BCUT2D eigenvalue weighted by atomic mass is 32.2. The molecule has 0 bridgehead atoms. The van der Waals surface area contributed by atoms with E-state index in [0.29, 0.717) is 35.3 Å². The molecule has 142 valence electrons. The van der Waals surface area contributed by atoms with E-state index >= 15 is 0 Å². The Bertz CT molecular complexity index is 860. The average Bonchev–Trinajstić information content (AvgIpc) is 3.23. The van der Waals surface area contributed by atoms with E-state index in [1.165, 1.54) is 11.3 Å². The first-order valence-corrected chi connectivity index (χ1v) is 10.9. The molecule has 0 aromatic carbocycles. The third kappa shape index (κ3) is 4.16. The molecule has 26 heavy (non-hydrogen) atoms. The number of hydrogen-bond acceptors (Lipinski definition) is 6. The van der Waals surface area contributed by atoms with Crippen LogP contribution in [0.5, 0.6) is 0 Å². The molecule has 0 saturated carbocycles. The number of nitrogens with one attached hydrogen (secondary N) is 1. The zero-order valence-electron chi connectivity index (χ0n) is 14.9. The summed E-state index contributed by atoms with van der Waals surface area (Å²) >= 11 is 1.21. The van der Waals surface area contributed by atoms with Crippen LogP contribution in [0.15, 0.2) is 20.9 Å². The summed E-state index contributed by atoms with van der Waals surface area (Å²) < 4.78 is 32.3. The smallest absolute Gasteiger partial charge is 0.252 e. The molecule has 9 heteroatoms. The minimum absolute atomic E-state index is 0.145. The van der Waals surface area contributed by atoms with Gasteiger partial charge in [-0.2, -0.15) is 4.31 Å². The standard InChI is InChI=1S/C17H23N3O4S2/c1-12-15(13(2)24-19-12)10-16(21)18-11-14-6-7-17(25-14)26(22,23)20-8-4-3-5-9-20/h6-7H,3-5,8-11H2,1-2H3,(H,18,21). The van der Waals surface area contributed by atoms with E-state index in [-0.39, 0.29) is 12.3 Å². The van der Waals surface area contributed by atoms with Crippen LogP contribution in [-0.4, -0.2) is 36.9 Å². The Morgan fingerprint density at radius 1 is 1.27 bits per heavy atom. The van der Waals surface area contributed by atoms with Crippen molar-refractivity contribution in [3.8, 4) is 0 Å². The molecular formula is C17H23N3O4S2. The van der Waals surface area contributed by atoms with Gasteiger partial charge in [-0.25, -0.2) is 8.42 Å². The van der Waals surface area contributed by atoms with Gasteiger partial charge in [-0.15, -0.1) is 11.3 Å². The Balaban J connectivity index is 1.59. The molecule has 3 heterocycles. The highest BCUT2D eigenvalue weighted by Crippen LogP contribution is 2.27. The minimum atomic E-state index is -3.41. The number of piperidine rings is 1. The van der Waals surface area contributed by atoms with Crippen molar-refractivity contribution in [3.63, 3.8) is 0 Å². The van der Waals surface area contributed by atoms with Crippen molar-refractivity contribution in [2.24, 2.45) is 0 Å². The molecule has 0 spiro atoms. The molecule has 0 radical (unpaired) electrons. The number of amides is 1. The fourth-order valence-corrected chi connectivity index (χ4v) is 5.95. The number of carbonyl (C=O) groups is 1. The predicted molar refractivity (Wildman–Crippen MR) is 98.5 cm³/mol. The summed E-state index contributed by atoms with van der Waals surface area (Å²) in [4.78, 5) is 12.9. The van der Waals surface area contributed by atoms with Crippen LogP contribution >= 0.6 is 11.3 Å². The average molecular weight is 398 g/mol. The van der Waals surface area contributed by atoms with Crippen LogP contribution in [0.2, 0.25) is 0 Å². The van der Waals surface area contributed by atoms with E-state index in [1.54, 1.807) is 30.3 Å². The Kier molecular flexibility index (Phi) is 5.79. The normalized spacial score (nSPS) is 15.9. The fourth-order valence-electron chi connectivity index (χ4n) is 2.99. The van der Waals surface area contributed by atoms with Crippen LogP contribution in [0, 0.1) is 13.8 Å². The third-order valence-corrected chi connectivity index (χ3v) is 7.98. The number of rotatable bonds is 6. The molecule has 1 N–H and O–H groups in total. The number of sulfonamides is 1. The lowest BCUT2D eigenvalue weighted by Crippen LogP contribution is -2.35. The van der Waals surface area contributed by atoms with Crippen LogP contribution in [0.4, 0.5) is 0 Å². The van der Waals surface area contributed by atoms with Crippen molar-refractivity contribution in [2.45, 2.75) is 50.3 Å². The molecule has 1 aliphatic heterocycles. The molecule has 1 amide bonds. The Hall–Kier alpha value is -1.71. The maximum atomic E-state index is 12.7. The number of carbonyl (C=O) groups excluding carboxylic acids is 1. The molecule has 2 aromatic rings. The van der Waals surface area contributed by atoms with Crippen molar-refractivity contribution < 1.29 is 17.7 Å². The second-order valence-electron chi connectivity index (χ2n) is 6.44. The summed E-state index contributed by atoms with van der Waals surface area (Å²) in [5, 5.41) is 6.67. The van der Waals surface area contributed by atoms with Gasteiger partial charge in [-0.05, 0) is 38.8 Å². The highest BCUT2D eigenvalue weighted by Gasteiger charge is 2.27. The number of aromatic nitrogens is 1.